The Hall–Kier alpha value is -2.91. The van der Waals surface area contributed by atoms with Gasteiger partial charge in [0.1, 0.15) is 17.5 Å². The molecule has 0 spiro atoms. The van der Waals surface area contributed by atoms with Crippen LogP contribution >= 0.6 is 11.8 Å². The quantitative estimate of drug-likeness (QED) is 0.586. The number of nitriles is 1. The number of nitrogen functional groups attached to an aromatic ring is 1. The summed E-state index contributed by atoms with van der Waals surface area (Å²) in [4.78, 5) is 12.8. The second kappa shape index (κ2) is 6.90. The van der Waals surface area contributed by atoms with E-state index in [1.807, 2.05) is 36.4 Å². The maximum absolute atomic E-state index is 9.32. The Balaban J connectivity index is 1.94. The lowest BCUT2D eigenvalue weighted by molar-refractivity contribution is 0.974. The highest BCUT2D eigenvalue weighted by atomic mass is 32.2. The molecule has 3 aromatic rings. The number of hydrogen-bond donors (Lipinski definition) is 1. The maximum atomic E-state index is 9.32. The van der Waals surface area contributed by atoms with Gasteiger partial charge >= 0.3 is 0 Å². The molecule has 2 N–H and O–H groups in total. The van der Waals surface area contributed by atoms with Gasteiger partial charge in [-0.2, -0.15) is 5.26 Å². The fourth-order valence-electron chi connectivity index (χ4n) is 2.07. The van der Waals surface area contributed by atoms with Crippen molar-refractivity contribution in [1.29, 1.82) is 5.26 Å². The van der Waals surface area contributed by atoms with Crippen molar-refractivity contribution in [3.05, 3.63) is 66.0 Å². The van der Waals surface area contributed by atoms with E-state index < -0.39 is 0 Å². The molecule has 3 rings (SSSR count). The molecule has 0 atom stereocenters. The summed E-state index contributed by atoms with van der Waals surface area (Å²) in [5, 5.41) is 9.87. The van der Waals surface area contributed by atoms with Gasteiger partial charge in [-0.3, -0.25) is 4.98 Å². The largest absolute Gasteiger partial charge is 0.382 e. The van der Waals surface area contributed by atoms with E-state index in [2.05, 4.69) is 21.0 Å². The van der Waals surface area contributed by atoms with E-state index in [4.69, 9.17) is 5.73 Å². The van der Waals surface area contributed by atoms with E-state index in [0.29, 0.717) is 10.9 Å². The number of hydrogen-bond acceptors (Lipinski definition) is 6. The van der Waals surface area contributed by atoms with Gasteiger partial charge in [0.15, 0.2) is 5.16 Å². The number of anilines is 1. The predicted octanol–water partition coefficient (Wildman–Crippen LogP) is 3.28. The summed E-state index contributed by atoms with van der Waals surface area (Å²) < 4.78 is 0. The van der Waals surface area contributed by atoms with E-state index in [0.717, 1.165) is 11.3 Å². The van der Waals surface area contributed by atoms with Crippen LogP contribution in [0, 0.1) is 11.3 Å². The lowest BCUT2D eigenvalue weighted by Gasteiger charge is -2.08. The van der Waals surface area contributed by atoms with Crippen molar-refractivity contribution in [2.75, 3.05) is 5.73 Å². The number of thioether (sulfide) groups is 1. The molecule has 0 saturated heterocycles. The Morgan fingerprint density at radius 3 is 2.61 bits per heavy atom. The van der Waals surface area contributed by atoms with Crippen LogP contribution in [-0.2, 0) is 5.75 Å². The molecular formula is C17H13N5S. The predicted molar refractivity (Wildman–Crippen MR) is 90.4 cm³/mol. The van der Waals surface area contributed by atoms with Gasteiger partial charge in [0.05, 0.1) is 5.69 Å². The summed E-state index contributed by atoms with van der Waals surface area (Å²) in [6, 6.07) is 15.8. The van der Waals surface area contributed by atoms with E-state index in [1.165, 1.54) is 17.3 Å². The van der Waals surface area contributed by atoms with Crippen LogP contribution in [0.15, 0.2) is 60.0 Å². The molecule has 6 heteroatoms. The monoisotopic (exact) mass is 319 g/mol. The van der Waals surface area contributed by atoms with Crippen molar-refractivity contribution in [3.63, 3.8) is 0 Å². The summed E-state index contributed by atoms with van der Waals surface area (Å²) in [5.41, 5.74) is 8.65. The van der Waals surface area contributed by atoms with Crippen molar-refractivity contribution in [3.8, 4) is 17.3 Å². The Morgan fingerprint density at radius 2 is 1.91 bits per heavy atom. The molecule has 0 radical (unpaired) electrons. The van der Waals surface area contributed by atoms with Gasteiger partial charge in [0.25, 0.3) is 0 Å². The second-order valence-corrected chi connectivity index (χ2v) is 5.69. The molecule has 0 bridgehead atoms. The van der Waals surface area contributed by atoms with Gasteiger partial charge in [0.2, 0.25) is 0 Å². The van der Waals surface area contributed by atoms with Crippen molar-refractivity contribution in [2.24, 2.45) is 0 Å². The van der Waals surface area contributed by atoms with Crippen LogP contribution in [0.3, 0.4) is 0 Å². The van der Waals surface area contributed by atoms with Gasteiger partial charge in [-0.15, -0.1) is 0 Å². The minimum atomic E-state index is 0.192. The number of nitrogens with two attached hydrogens (primary N) is 1. The lowest BCUT2D eigenvalue weighted by Crippen LogP contribution is -2.02. The third kappa shape index (κ3) is 3.47. The van der Waals surface area contributed by atoms with Crippen molar-refractivity contribution in [1.82, 2.24) is 15.0 Å². The molecule has 0 amide bonds. The summed E-state index contributed by atoms with van der Waals surface area (Å²) in [6.07, 6.45) is 3.33. The minimum absolute atomic E-state index is 0.192. The topological polar surface area (TPSA) is 88.5 Å². The van der Waals surface area contributed by atoms with Gasteiger partial charge in [0, 0.05) is 23.7 Å². The van der Waals surface area contributed by atoms with Crippen LogP contribution < -0.4 is 5.73 Å². The molecule has 0 fully saturated rings. The highest BCUT2D eigenvalue weighted by Gasteiger charge is 2.14. The van der Waals surface area contributed by atoms with E-state index >= 15 is 0 Å². The Morgan fingerprint density at radius 1 is 1.09 bits per heavy atom. The molecule has 23 heavy (non-hydrogen) atoms. The highest BCUT2D eigenvalue weighted by molar-refractivity contribution is 7.98. The standard InChI is InChI=1S/C17H13N5S/c18-9-14-15(13-7-4-8-20-10-13)21-17(22-16(14)19)23-11-12-5-2-1-3-6-12/h1-8,10H,11H2,(H2,19,21,22). The minimum Gasteiger partial charge on any atom is -0.382 e. The highest BCUT2D eigenvalue weighted by Crippen LogP contribution is 2.28. The summed E-state index contributed by atoms with van der Waals surface area (Å²) in [5.74, 6) is 0.926. The Bertz CT molecular complexity index is 844. The lowest BCUT2D eigenvalue weighted by atomic mass is 10.1. The first-order valence-electron chi connectivity index (χ1n) is 6.92. The fraction of sp³-hybridized carbons (Fsp3) is 0.0588. The van der Waals surface area contributed by atoms with E-state index in [-0.39, 0.29) is 11.4 Å². The first-order chi connectivity index (χ1) is 11.3. The van der Waals surface area contributed by atoms with Crippen LogP contribution in [0.2, 0.25) is 0 Å². The molecule has 0 aliphatic rings. The molecule has 1 aromatic carbocycles. The molecule has 0 aliphatic heterocycles. The van der Waals surface area contributed by atoms with Crippen molar-refractivity contribution >= 4 is 17.6 Å². The van der Waals surface area contributed by atoms with E-state index in [9.17, 15) is 5.26 Å². The van der Waals surface area contributed by atoms with Crippen LogP contribution in [0.5, 0.6) is 0 Å². The molecule has 0 unspecified atom stereocenters. The van der Waals surface area contributed by atoms with Gasteiger partial charge < -0.3 is 5.73 Å². The van der Waals surface area contributed by atoms with Crippen LogP contribution in [0.25, 0.3) is 11.3 Å². The first-order valence-corrected chi connectivity index (χ1v) is 7.91. The smallest absolute Gasteiger partial charge is 0.190 e. The normalized spacial score (nSPS) is 10.2. The Labute approximate surface area is 138 Å². The molecule has 5 nitrogen and oxygen atoms in total. The average Bonchev–Trinajstić information content (AvgIpc) is 2.61. The van der Waals surface area contributed by atoms with E-state index in [1.54, 1.807) is 18.5 Å². The molecule has 2 aromatic heterocycles. The molecular weight excluding hydrogens is 306 g/mol. The van der Waals surface area contributed by atoms with Crippen LogP contribution in [0.1, 0.15) is 11.1 Å². The van der Waals surface area contributed by atoms with Gasteiger partial charge in [-0.05, 0) is 17.7 Å². The third-order valence-electron chi connectivity index (χ3n) is 3.17. The second-order valence-electron chi connectivity index (χ2n) is 4.74. The summed E-state index contributed by atoms with van der Waals surface area (Å²) in [6.45, 7) is 0. The summed E-state index contributed by atoms with van der Waals surface area (Å²) in [7, 11) is 0. The van der Waals surface area contributed by atoms with Crippen molar-refractivity contribution < 1.29 is 0 Å². The number of pyridine rings is 1. The molecule has 0 aliphatic carbocycles. The van der Waals surface area contributed by atoms with Crippen LogP contribution in [-0.4, -0.2) is 15.0 Å². The number of benzene rings is 1. The molecule has 112 valence electrons. The zero-order valence-electron chi connectivity index (χ0n) is 12.2. The zero-order chi connectivity index (χ0) is 16.1. The number of nitrogens with zero attached hydrogens (tertiary/aromatic N) is 4. The molecule has 0 saturated carbocycles. The van der Waals surface area contributed by atoms with Crippen LogP contribution in [0.4, 0.5) is 5.82 Å². The number of aromatic nitrogens is 3. The average molecular weight is 319 g/mol. The number of rotatable bonds is 4. The Kier molecular flexibility index (Phi) is 4.50. The zero-order valence-corrected chi connectivity index (χ0v) is 13.0. The van der Waals surface area contributed by atoms with Gasteiger partial charge in [-0.1, -0.05) is 42.1 Å². The maximum Gasteiger partial charge on any atom is 0.190 e. The van der Waals surface area contributed by atoms with Crippen molar-refractivity contribution in [2.45, 2.75) is 10.9 Å². The third-order valence-corrected chi connectivity index (χ3v) is 4.09. The first kappa shape index (κ1) is 15.0. The van der Waals surface area contributed by atoms with Gasteiger partial charge in [-0.25, -0.2) is 9.97 Å². The molecule has 2 heterocycles. The SMILES string of the molecule is N#Cc1c(N)nc(SCc2ccccc2)nc1-c1cccnc1. The fourth-order valence-corrected chi connectivity index (χ4v) is 2.87. The summed E-state index contributed by atoms with van der Waals surface area (Å²) >= 11 is 1.48.